The first-order valence-electron chi connectivity index (χ1n) is 12.1. The van der Waals surface area contributed by atoms with Gasteiger partial charge in [-0.05, 0) is 72.5 Å². The number of benzene rings is 1. The average molecular weight is 484 g/mol. The van der Waals surface area contributed by atoms with E-state index in [1.165, 1.54) is 11.1 Å². The summed E-state index contributed by atoms with van der Waals surface area (Å²) in [5, 5.41) is 4.63. The van der Waals surface area contributed by atoms with Gasteiger partial charge in [0.15, 0.2) is 0 Å². The number of hydrogen-bond donors (Lipinski definition) is 2. The number of ether oxygens (including phenoxy) is 1. The third-order valence-electron chi connectivity index (χ3n) is 6.86. The number of nitrogens with one attached hydrogen (secondary N) is 2. The predicted molar refractivity (Wildman–Crippen MR) is 141 cm³/mol. The first-order valence-corrected chi connectivity index (χ1v) is 12.1. The van der Waals surface area contributed by atoms with E-state index in [0.29, 0.717) is 34.4 Å². The molecule has 0 unspecified atom stereocenters. The molecular formula is C28H29N5O3. The Kier molecular flexibility index (Phi) is 6.41. The second kappa shape index (κ2) is 9.81. The maximum Gasteiger partial charge on any atom is 0.259 e. The maximum atomic E-state index is 12.7. The van der Waals surface area contributed by atoms with Gasteiger partial charge in [-0.15, -0.1) is 0 Å². The molecule has 3 aromatic heterocycles. The van der Waals surface area contributed by atoms with E-state index < -0.39 is 0 Å². The van der Waals surface area contributed by atoms with Crippen molar-refractivity contribution in [2.45, 2.75) is 32.6 Å². The maximum absolute atomic E-state index is 12.7. The smallest absolute Gasteiger partial charge is 0.259 e. The Balaban J connectivity index is 1.48. The molecule has 2 N–H and O–H groups in total. The van der Waals surface area contributed by atoms with Crippen LogP contribution in [0.15, 0.2) is 59.5 Å². The Morgan fingerprint density at radius 3 is 2.61 bits per heavy atom. The van der Waals surface area contributed by atoms with Crippen molar-refractivity contribution in [2.75, 3.05) is 25.5 Å². The Bertz CT molecular complexity index is 1490. The lowest BCUT2D eigenvalue weighted by molar-refractivity contribution is -0.129. The second-order valence-electron chi connectivity index (χ2n) is 9.17. The summed E-state index contributed by atoms with van der Waals surface area (Å²) >= 11 is 0. The second-order valence-corrected chi connectivity index (χ2v) is 9.17. The van der Waals surface area contributed by atoms with Gasteiger partial charge in [0.05, 0.1) is 23.9 Å². The number of aromatic nitrogens is 3. The van der Waals surface area contributed by atoms with Crippen molar-refractivity contribution in [3.8, 4) is 17.3 Å². The van der Waals surface area contributed by atoms with Crippen LogP contribution in [0.1, 0.15) is 36.8 Å². The van der Waals surface area contributed by atoms with Crippen LogP contribution in [0, 0.1) is 6.92 Å². The summed E-state index contributed by atoms with van der Waals surface area (Å²) < 4.78 is 5.27. The molecule has 184 valence electrons. The van der Waals surface area contributed by atoms with Crippen molar-refractivity contribution >= 4 is 28.2 Å². The first-order chi connectivity index (χ1) is 17.4. The Morgan fingerprint density at radius 1 is 1.08 bits per heavy atom. The van der Waals surface area contributed by atoms with Crippen molar-refractivity contribution < 1.29 is 9.53 Å². The van der Waals surface area contributed by atoms with E-state index >= 15 is 0 Å². The molecule has 0 radical (unpaired) electrons. The number of H-pyrrole nitrogens is 1. The van der Waals surface area contributed by atoms with E-state index in [1.54, 1.807) is 26.3 Å². The summed E-state index contributed by atoms with van der Waals surface area (Å²) in [6.07, 6.45) is 3.56. The van der Waals surface area contributed by atoms with Crippen molar-refractivity contribution in [3.05, 3.63) is 76.2 Å². The quantitative estimate of drug-likeness (QED) is 0.424. The highest BCUT2D eigenvalue weighted by atomic mass is 16.5. The van der Waals surface area contributed by atoms with Crippen LogP contribution < -0.4 is 15.6 Å². The van der Waals surface area contributed by atoms with Crippen LogP contribution in [0.2, 0.25) is 0 Å². The lowest BCUT2D eigenvalue weighted by atomic mass is 9.86. The average Bonchev–Trinajstić information content (AvgIpc) is 2.89. The largest absolute Gasteiger partial charge is 0.481 e. The van der Waals surface area contributed by atoms with Gasteiger partial charge in [0.1, 0.15) is 5.82 Å². The molecule has 1 aliphatic heterocycles. The fraction of sp³-hybridized carbons (Fsp3) is 0.286. The molecule has 1 fully saturated rings. The highest BCUT2D eigenvalue weighted by molar-refractivity contribution is 5.95. The number of carbonyl (C=O) groups excluding carboxylic acids is 1. The number of rotatable bonds is 5. The van der Waals surface area contributed by atoms with Crippen LogP contribution in [-0.4, -0.2) is 46.0 Å². The third kappa shape index (κ3) is 4.66. The summed E-state index contributed by atoms with van der Waals surface area (Å²) in [6.45, 7) is 5.33. The molecule has 1 aromatic carbocycles. The molecule has 4 heterocycles. The highest BCUT2D eigenvalue weighted by Crippen LogP contribution is 2.33. The van der Waals surface area contributed by atoms with E-state index in [-0.39, 0.29) is 11.5 Å². The number of hydrogen-bond acceptors (Lipinski definition) is 6. The first kappa shape index (κ1) is 23.5. The Hall–Kier alpha value is -4.20. The van der Waals surface area contributed by atoms with Crippen LogP contribution in [-0.2, 0) is 4.79 Å². The number of carbonyl (C=O) groups is 1. The van der Waals surface area contributed by atoms with Crippen LogP contribution in [0.5, 0.6) is 5.88 Å². The normalized spacial score (nSPS) is 14.1. The number of aromatic amines is 1. The van der Waals surface area contributed by atoms with Gasteiger partial charge in [-0.25, -0.2) is 9.97 Å². The minimum atomic E-state index is -0.210. The number of pyridine rings is 3. The lowest BCUT2D eigenvalue weighted by Crippen LogP contribution is -2.36. The summed E-state index contributed by atoms with van der Waals surface area (Å²) in [6, 6.07) is 15.5. The zero-order chi connectivity index (χ0) is 25.2. The van der Waals surface area contributed by atoms with Gasteiger partial charge in [-0.2, -0.15) is 0 Å². The molecular weight excluding hydrogens is 454 g/mol. The molecule has 0 saturated carbocycles. The summed E-state index contributed by atoms with van der Waals surface area (Å²) in [5.74, 6) is 1.54. The minimum Gasteiger partial charge on any atom is -0.481 e. The molecule has 1 amide bonds. The van der Waals surface area contributed by atoms with Crippen LogP contribution in [0.3, 0.4) is 0 Å². The zero-order valence-electron chi connectivity index (χ0n) is 20.7. The molecule has 1 saturated heterocycles. The van der Waals surface area contributed by atoms with Gasteiger partial charge >= 0.3 is 0 Å². The van der Waals surface area contributed by atoms with Gasteiger partial charge in [0.25, 0.3) is 5.56 Å². The highest BCUT2D eigenvalue weighted by Gasteiger charge is 2.23. The number of anilines is 2. The predicted octanol–water partition coefficient (Wildman–Crippen LogP) is 4.77. The number of methoxy groups -OCH3 is 1. The van der Waals surface area contributed by atoms with Crippen molar-refractivity contribution in [2.24, 2.45) is 0 Å². The van der Waals surface area contributed by atoms with E-state index in [2.05, 4.69) is 34.3 Å². The molecule has 4 aromatic rings. The van der Waals surface area contributed by atoms with Gasteiger partial charge in [-0.3, -0.25) is 9.59 Å². The lowest BCUT2D eigenvalue weighted by Gasteiger charge is -2.32. The number of piperidine rings is 1. The SMILES string of the molecule is COc1cccc(-c2cc3cc[nH]c(=O)c3c(Nc3ccc(C4CCN(C(C)=O)CC4)c(C)c3)n2)n1. The number of aryl methyl sites for hydroxylation is 1. The van der Waals surface area contributed by atoms with Crippen molar-refractivity contribution in [1.29, 1.82) is 0 Å². The molecule has 8 heteroatoms. The van der Waals surface area contributed by atoms with Crippen molar-refractivity contribution in [1.82, 2.24) is 19.9 Å². The van der Waals surface area contributed by atoms with Gasteiger partial charge in [-0.1, -0.05) is 12.1 Å². The summed E-state index contributed by atoms with van der Waals surface area (Å²) in [7, 11) is 1.57. The van der Waals surface area contributed by atoms with E-state index in [0.717, 1.165) is 37.0 Å². The topological polar surface area (TPSA) is 100 Å². The third-order valence-corrected chi connectivity index (χ3v) is 6.86. The van der Waals surface area contributed by atoms with Crippen LogP contribution >= 0.6 is 0 Å². The molecule has 5 rings (SSSR count). The van der Waals surface area contributed by atoms with Gasteiger partial charge in [0, 0.05) is 38.0 Å². The van der Waals surface area contributed by atoms with E-state index in [9.17, 15) is 9.59 Å². The molecule has 8 nitrogen and oxygen atoms in total. The Labute approximate surface area is 209 Å². The van der Waals surface area contributed by atoms with E-state index in [1.807, 2.05) is 35.2 Å². The minimum absolute atomic E-state index is 0.144. The van der Waals surface area contributed by atoms with Crippen molar-refractivity contribution in [3.63, 3.8) is 0 Å². The van der Waals surface area contributed by atoms with Crippen LogP contribution in [0.25, 0.3) is 22.2 Å². The standard InChI is InChI=1S/C28H29N5O3/c1-17-15-21(7-8-22(17)19-10-13-33(14-11-19)18(2)34)30-27-26-20(9-12-29-28(26)35)16-24(32-27)23-5-4-6-25(31-23)36-3/h4-9,12,15-16,19H,10-11,13-14H2,1-3H3,(H,29,35)(H,30,32). The zero-order valence-corrected chi connectivity index (χ0v) is 20.7. The number of amides is 1. The molecule has 0 aliphatic carbocycles. The Morgan fingerprint density at radius 2 is 1.89 bits per heavy atom. The number of likely N-dealkylation sites (tertiary alicyclic amines) is 1. The monoisotopic (exact) mass is 483 g/mol. The summed E-state index contributed by atoms with van der Waals surface area (Å²) in [5.41, 5.74) is 4.41. The molecule has 0 bridgehead atoms. The molecule has 0 spiro atoms. The summed E-state index contributed by atoms with van der Waals surface area (Å²) in [4.78, 5) is 38.4. The fourth-order valence-electron chi connectivity index (χ4n) is 4.96. The van der Waals surface area contributed by atoms with E-state index in [4.69, 9.17) is 9.72 Å². The van der Waals surface area contributed by atoms with Gasteiger partial charge < -0.3 is 19.9 Å². The molecule has 0 atom stereocenters. The molecule has 1 aliphatic rings. The fourth-order valence-corrected chi connectivity index (χ4v) is 4.96. The number of nitrogens with zero attached hydrogens (tertiary/aromatic N) is 3. The molecule has 36 heavy (non-hydrogen) atoms. The van der Waals surface area contributed by atoms with Crippen LogP contribution in [0.4, 0.5) is 11.5 Å². The van der Waals surface area contributed by atoms with Gasteiger partial charge in [0.2, 0.25) is 11.8 Å². The number of fused-ring (bicyclic) bond motifs is 1.